The molecule has 4 heterocycles. The average molecular weight is 401 g/mol. The first kappa shape index (κ1) is 18.9. The molecule has 0 spiro atoms. The Morgan fingerprint density at radius 2 is 2.14 bits per heavy atom. The molecule has 8 nitrogen and oxygen atoms in total. The first-order chi connectivity index (χ1) is 13.4. The van der Waals surface area contributed by atoms with E-state index in [0.717, 1.165) is 41.2 Å². The topological polar surface area (TPSA) is 94.8 Å². The number of hydrogen-bond acceptors (Lipinski definition) is 7. The highest BCUT2D eigenvalue weighted by molar-refractivity contribution is 7.15. The zero-order chi connectivity index (χ0) is 19.8. The molecule has 0 bridgehead atoms. The average Bonchev–Trinajstić information content (AvgIpc) is 3.40. The van der Waals surface area contributed by atoms with Gasteiger partial charge >= 0.3 is 0 Å². The molecule has 4 rings (SSSR count). The number of hydrogen-bond donors (Lipinski definition) is 1. The maximum absolute atomic E-state index is 13.0. The molecule has 0 aliphatic carbocycles. The van der Waals surface area contributed by atoms with Crippen LogP contribution in [0.25, 0.3) is 11.0 Å². The van der Waals surface area contributed by atoms with E-state index in [1.165, 1.54) is 11.3 Å². The summed E-state index contributed by atoms with van der Waals surface area (Å²) in [4.78, 5) is 17.8. The van der Waals surface area contributed by atoms with Crippen LogP contribution >= 0.6 is 11.3 Å². The van der Waals surface area contributed by atoms with Gasteiger partial charge in [0.2, 0.25) is 5.13 Å². The number of anilines is 1. The van der Waals surface area contributed by atoms with Gasteiger partial charge in [-0.25, -0.2) is 9.67 Å². The Bertz CT molecular complexity index is 1000. The largest absolute Gasteiger partial charge is 0.371 e. The molecule has 3 aromatic rings. The number of rotatable bonds is 5. The van der Waals surface area contributed by atoms with Crippen LogP contribution in [0.2, 0.25) is 0 Å². The summed E-state index contributed by atoms with van der Waals surface area (Å²) < 4.78 is 7.49. The summed E-state index contributed by atoms with van der Waals surface area (Å²) in [5.41, 5.74) is 2.13. The van der Waals surface area contributed by atoms with Crippen molar-refractivity contribution < 1.29 is 9.53 Å². The molecule has 148 valence electrons. The number of amides is 1. The van der Waals surface area contributed by atoms with Crippen LogP contribution in [-0.4, -0.2) is 37.5 Å². The summed E-state index contributed by atoms with van der Waals surface area (Å²) in [7, 11) is 0. The van der Waals surface area contributed by atoms with Gasteiger partial charge in [0.15, 0.2) is 5.65 Å². The summed E-state index contributed by atoms with van der Waals surface area (Å²) in [6.07, 6.45) is 3.67. The molecular formula is C19H24N6O2S. The summed E-state index contributed by atoms with van der Waals surface area (Å²) in [6, 6.07) is 2.00. The highest BCUT2D eigenvalue weighted by Gasteiger charge is 2.24. The fourth-order valence-electron chi connectivity index (χ4n) is 3.25. The fourth-order valence-corrected chi connectivity index (χ4v) is 4.07. The van der Waals surface area contributed by atoms with E-state index in [0.29, 0.717) is 10.7 Å². The standard InChI is InChI=1S/C19H24N6O2S/c1-10(2)14-8-12(13-9-20-25(11(3)4)16(13)21-14)17(26)22-19-24-23-18(28-19)15-6-5-7-27-15/h8-11,15H,5-7H2,1-4H3,(H,22,24,26)/t15-/m0/s1. The zero-order valence-corrected chi connectivity index (χ0v) is 17.3. The molecule has 9 heteroatoms. The number of fused-ring (bicyclic) bond motifs is 1. The SMILES string of the molecule is CC(C)c1cc(C(=O)Nc2nnc([C@@H]3CCCO3)s2)c2cnn(C(C)C)c2n1. The second-order valence-corrected chi connectivity index (χ2v) is 8.58. The van der Waals surface area contributed by atoms with Gasteiger partial charge in [-0.1, -0.05) is 25.2 Å². The Hall–Kier alpha value is -2.39. The van der Waals surface area contributed by atoms with E-state index < -0.39 is 0 Å². The predicted molar refractivity (Wildman–Crippen MR) is 108 cm³/mol. The van der Waals surface area contributed by atoms with Crippen LogP contribution in [0.15, 0.2) is 12.3 Å². The first-order valence-electron chi connectivity index (χ1n) is 9.58. The van der Waals surface area contributed by atoms with Crippen molar-refractivity contribution in [2.45, 2.75) is 58.6 Å². The quantitative estimate of drug-likeness (QED) is 0.693. The van der Waals surface area contributed by atoms with Crippen LogP contribution < -0.4 is 5.32 Å². The summed E-state index contributed by atoms with van der Waals surface area (Å²) in [5, 5.41) is 17.6. The molecule has 28 heavy (non-hydrogen) atoms. The van der Waals surface area contributed by atoms with Crippen LogP contribution in [0.4, 0.5) is 5.13 Å². The number of carbonyl (C=O) groups excluding carboxylic acids is 1. The van der Waals surface area contributed by atoms with E-state index in [-0.39, 0.29) is 24.0 Å². The molecule has 0 aromatic carbocycles. The molecule has 1 atom stereocenters. The highest BCUT2D eigenvalue weighted by Crippen LogP contribution is 2.32. The van der Waals surface area contributed by atoms with Gasteiger partial charge in [0.05, 0.1) is 17.1 Å². The zero-order valence-electron chi connectivity index (χ0n) is 16.5. The number of nitrogens with one attached hydrogen (secondary N) is 1. The lowest BCUT2D eigenvalue weighted by Gasteiger charge is -2.11. The van der Waals surface area contributed by atoms with Crippen molar-refractivity contribution in [2.24, 2.45) is 0 Å². The van der Waals surface area contributed by atoms with Gasteiger partial charge in [0.1, 0.15) is 11.1 Å². The molecule has 1 aliphatic rings. The molecule has 1 saturated heterocycles. The molecule has 0 radical (unpaired) electrons. The van der Waals surface area contributed by atoms with E-state index in [9.17, 15) is 4.79 Å². The Labute approximate surface area is 167 Å². The third kappa shape index (κ3) is 3.51. The Morgan fingerprint density at radius 1 is 1.32 bits per heavy atom. The Kier molecular flexibility index (Phi) is 5.11. The first-order valence-corrected chi connectivity index (χ1v) is 10.4. The summed E-state index contributed by atoms with van der Waals surface area (Å²) >= 11 is 1.36. The minimum Gasteiger partial charge on any atom is -0.371 e. The van der Waals surface area contributed by atoms with Crippen LogP contribution in [0, 0.1) is 0 Å². The maximum atomic E-state index is 13.0. The van der Waals surface area contributed by atoms with Crippen LogP contribution in [0.5, 0.6) is 0 Å². The van der Waals surface area contributed by atoms with E-state index in [1.807, 2.05) is 24.6 Å². The normalized spacial score (nSPS) is 17.1. The van der Waals surface area contributed by atoms with Crippen LogP contribution in [0.3, 0.4) is 0 Å². The van der Waals surface area contributed by atoms with Gasteiger partial charge in [0.25, 0.3) is 5.91 Å². The van der Waals surface area contributed by atoms with Crippen LogP contribution in [-0.2, 0) is 4.74 Å². The van der Waals surface area contributed by atoms with Gasteiger partial charge in [-0.3, -0.25) is 10.1 Å². The summed E-state index contributed by atoms with van der Waals surface area (Å²) in [6.45, 7) is 8.96. The fraction of sp³-hybridized carbons (Fsp3) is 0.526. The third-order valence-corrected chi connectivity index (χ3v) is 5.71. The second kappa shape index (κ2) is 7.56. The lowest BCUT2D eigenvalue weighted by molar-refractivity contribution is 0.102. The Balaban J connectivity index is 1.66. The smallest absolute Gasteiger partial charge is 0.258 e. The van der Waals surface area contributed by atoms with Crippen molar-refractivity contribution in [2.75, 3.05) is 11.9 Å². The minimum absolute atomic E-state index is 0.00685. The molecule has 1 N–H and O–H groups in total. The van der Waals surface area contributed by atoms with Gasteiger partial charge in [-0.05, 0) is 38.7 Å². The molecule has 3 aromatic heterocycles. The van der Waals surface area contributed by atoms with Gasteiger partial charge < -0.3 is 4.74 Å². The molecule has 0 unspecified atom stereocenters. The van der Waals surface area contributed by atoms with Crippen molar-refractivity contribution in [3.05, 3.63) is 28.5 Å². The van der Waals surface area contributed by atoms with Crippen LogP contribution in [0.1, 0.15) is 79.7 Å². The lowest BCUT2D eigenvalue weighted by atomic mass is 10.0. The van der Waals surface area contributed by atoms with Crippen molar-refractivity contribution in [1.82, 2.24) is 25.0 Å². The monoisotopic (exact) mass is 400 g/mol. The molecule has 1 amide bonds. The van der Waals surface area contributed by atoms with Gasteiger partial charge in [-0.15, -0.1) is 10.2 Å². The maximum Gasteiger partial charge on any atom is 0.258 e. The molecule has 1 fully saturated rings. The highest BCUT2D eigenvalue weighted by atomic mass is 32.1. The lowest BCUT2D eigenvalue weighted by Crippen LogP contribution is -2.14. The van der Waals surface area contributed by atoms with E-state index >= 15 is 0 Å². The molecule has 1 aliphatic heterocycles. The van der Waals surface area contributed by atoms with Crippen molar-refractivity contribution in [3.63, 3.8) is 0 Å². The van der Waals surface area contributed by atoms with Gasteiger partial charge in [-0.2, -0.15) is 5.10 Å². The minimum atomic E-state index is -0.229. The number of nitrogens with zero attached hydrogens (tertiary/aromatic N) is 5. The number of pyridine rings is 1. The van der Waals surface area contributed by atoms with E-state index in [4.69, 9.17) is 9.72 Å². The van der Waals surface area contributed by atoms with E-state index in [1.54, 1.807) is 6.20 Å². The van der Waals surface area contributed by atoms with E-state index in [2.05, 4.69) is 34.5 Å². The van der Waals surface area contributed by atoms with Gasteiger partial charge in [0, 0.05) is 18.3 Å². The molecule has 0 saturated carbocycles. The van der Waals surface area contributed by atoms with Crippen molar-refractivity contribution in [3.8, 4) is 0 Å². The number of carbonyl (C=O) groups is 1. The Morgan fingerprint density at radius 3 is 2.82 bits per heavy atom. The number of aromatic nitrogens is 5. The second-order valence-electron chi connectivity index (χ2n) is 7.57. The van der Waals surface area contributed by atoms with Crippen molar-refractivity contribution in [1.29, 1.82) is 0 Å². The summed E-state index contributed by atoms with van der Waals surface area (Å²) in [5.74, 6) is -0.0354. The predicted octanol–water partition coefficient (Wildman–Crippen LogP) is 4.09. The number of ether oxygens (including phenoxy) is 1. The third-order valence-electron chi connectivity index (χ3n) is 4.78. The van der Waals surface area contributed by atoms with Crippen molar-refractivity contribution >= 4 is 33.4 Å². The molecular weight excluding hydrogens is 376 g/mol.